The van der Waals surface area contributed by atoms with E-state index in [1.165, 1.54) is 13.8 Å². The van der Waals surface area contributed by atoms with E-state index >= 15 is 0 Å². The van der Waals surface area contributed by atoms with E-state index in [2.05, 4.69) is 0 Å². The minimum atomic E-state index is -1.77. The van der Waals surface area contributed by atoms with Gasteiger partial charge in [-0.3, -0.25) is 4.79 Å². The number of aliphatic carboxylic acids is 1. The lowest BCUT2D eigenvalue weighted by Gasteiger charge is -2.26. The van der Waals surface area contributed by atoms with Crippen molar-refractivity contribution < 1.29 is 9.90 Å². The maximum absolute atomic E-state index is 10.4. The third-order valence-electron chi connectivity index (χ3n) is 1.24. The number of rotatable bonds is 1. The van der Waals surface area contributed by atoms with Crippen molar-refractivity contribution in [1.29, 1.82) is 0 Å². The van der Waals surface area contributed by atoms with Gasteiger partial charge in [-0.1, -0.05) is 34.8 Å². The van der Waals surface area contributed by atoms with Crippen LogP contribution < -0.4 is 0 Å². The monoisotopic (exact) mass is 204 g/mol. The third kappa shape index (κ3) is 1.91. The molecule has 2 nitrogen and oxygen atoms in total. The van der Waals surface area contributed by atoms with Gasteiger partial charge in [-0.25, -0.2) is 0 Å². The molecule has 0 rings (SSSR count). The van der Waals surface area contributed by atoms with E-state index in [-0.39, 0.29) is 0 Å². The van der Waals surface area contributed by atoms with E-state index in [4.69, 9.17) is 39.9 Å². The molecule has 0 amide bonds. The first-order chi connectivity index (χ1) is 4.19. The second-order valence-electron chi connectivity index (χ2n) is 2.43. The second kappa shape index (κ2) is 2.76. The fraction of sp³-hybridized carbons (Fsp3) is 0.800. The Kier molecular flexibility index (Phi) is 2.85. The molecule has 0 aromatic heterocycles. The zero-order valence-corrected chi connectivity index (χ0v) is 7.76. The Morgan fingerprint density at radius 1 is 1.30 bits per heavy atom. The third-order valence-corrected chi connectivity index (χ3v) is 2.66. The molecule has 0 aliphatic heterocycles. The molecule has 0 atom stereocenters. The van der Waals surface area contributed by atoms with Crippen LogP contribution in [0.1, 0.15) is 13.8 Å². The second-order valence-corrected chi connectivity index (χ2v) is 4.71. The fourth-order valence-electron chi connectivity index (χ4n) is 0.121. The highest BCUT2D eigenvalue weighted by Crippen LogP contribution is 2.44. The molecule has 0 aliphatic rings. The summed E-state index contributed by atoms with van der Waals surface area (Å²) in [6.07, 6.45) is 0. The summed E-state index contributed by atoms with van der Waals surface area (Å²) in [5.41, 5.74) is -1.35. The SMILES string of the molecule is CC(C)(C(=O)O)C(Cl)(Cl)Cl. The molecule has 0 spiro atoms. The zero-order valence-electron chi connectivity index (χ0n) is 5.49. The van der Waals surface area contributed by atoms with Crippen molar-refractivity contribution in [2.75, 3.05) is 0 Å². The summed E-state index contributed by atoms with van der Waals surface area (Å²) in [6.45, 7) is 2.70. The Morgan fingerprint density at radius 3 is 1.60 bits per heavy atom. The Labute approximate surface area is 74.1 Å². The number of carboxylic acid groups (broad SMARTS) is 1. The van der Waals surface area contributed by atoms with E-state index in [0.29, 0.717) is 0 Å². The number of carboxylic acids is 1. The van der Waals surface area contributed by atoms with Crippen molar-refractivity contribution in [3.05, 3.63) is 0 Å². The van der Waals surface area contributed by atoms with E-state index in [9.17, 15) is 4.79 Å². The Hall–Kier alpha value is 0.340. The molecule has 0 bridgehead atoms. The van der Waals surface area contributed by atoms with E-state index < -0.39 is 15.2 Å². The topological polar surface area (TPSA) is 37.3 Å². The lowest BCUT2D eigenvalue weighted by Crippen LogP contribution is -2.37. The molecule has 1 N–H and O–H groups in total. The van der Waals surface area contributed by atoms with Gasteiger partial charge in [0.25, 0.3) is 0 Å². The van der Waals surface area contributed by atoms with Crippen molar-refractivity contribution in [3.8, 4) is 0 Å². The molecule has 0 saturated carbocycles. The normalized spacial score (nSPS) is 13.3. The minimum absolute atomic E-state index is 1.13. The average Bonchev–Trinajstić information content (AvgIpc) is 1.62. The van der Waals surface area contributed by atoms with Crippen LogP contribution in [-0.4, -0.2) is 14.9 Å². The van der Waals surface area contributed by atoms with Crippen molar-refractivity contribution in [1.82, 2.24) is 0 Å². The van der Waals surface area contributed by atoms with Gasteiger partial charge in [-0.15, -0.1) is 0 Å². The average molecular weight is 205 g/mol. The van der Waals surface area contributed by atoms with Crippen LogP contribution >= 0.6 is 34.8 Å². The first kappa shape index (κ1) is 10.3. The van der Waals surface area contributed by atoms with Gasteiger partial charge < -0.3 is 5.11 Å². The molecule has 5 heteroatoms. The summed E-state index contributed by atoms with van der Waals surface area (Å²) in [4.78, 5) is 10.4. The van der Waals surface area contributed by atoms with E-state index in [1.807, 2.05) is 0 Å². The van der Waals surface area contributed by atoms with Gasteiger partial charge in [0.2, 0.25) is 3.79 Å². The molecule has 0 unspecified atom stereocenters. The highest BCUT2D eigenvalue weighted by molar-refractivity contribution is 6.68. The van der Waals surface area contributed by atoms with E-state index in [0.717, 1.165) is 0 Å². The fourth-order valence-corrected chi connectivity index (χ4v) is 0.364. The quantitative estimate of drug-likeness (QED) is 0.668. The molecule has 0 aromatic carbocycles. The summed E-state index contributed by atoms with van der Waals surface area (Å²) in [5, 5.41) is 8.52. The van der Waals surface area contributed by atoms with Gasteiger partial charge in [-0.05, 0) is 13.8 Å². The van der Waals surface area contributed by atoms with Crippen LogP contribution in [0, 0.1) is 5.41 Å². The maximum Gasteiger partial charge on any atom is 0.313 e. The molecule has 10 heavy (non-hydrogen) atoms. The largest absolute Gasteiger partial charge is 0.481 e. The van der Waals surface area contributed by atoms with Crippen molar-refractivity contribution in [2.45, 2.75) is 17.6 Å². The maximum atomic E-state index is 10.4. The van der Waals surface area contributed by atoms with Crippen LogP contribution in [0.5, 0.6) is 0 Å². The van der Waals surface area contributed by atoms with Crippen molar-refractivity contribution in [2.24, 2.45) is 5.41 Å². The van der Waals surface area contributed by atoms with Crippen LogP contribution in [0.2, 0.25) is 0 Å². The van der Waals surface area contributed by atoms with Gasteiger partial charge in [0.05, 0.1) is 0 Å². The van der Waals surface area contributed by atoms with Gasteiger partial charge >= 0.3 is 5.97 Å². The zero-order chi connectivity index (χ0) is 8.58. The number of hydrogen-bond donors (Lipinski definition) is 1. The summed E-state index contributed by atoms with van der Waals surface area (Å²) in [5.74, 6) is -1.13. The smallest absolute Gasteiger partial charge is 0.313 e. The van der Waals surface area contributed by atoms with Gasteiger partial charge in [-0.2, -0.15) is 0 Å². The van der Waals surface area contributed by atoms with E-state index in [1.54, 1.807) is 0 Å². The molecule has 0 fully saturated rings. The molecule has 0 heterocycles. The number of halogens is 3. The van der Waals surface area contributed by atoms with Crippen LogP contribution in [0.3, 0.4) is 0 Å². The lowest BCUT2D eigenvalue weighted by atomic mass is 9.96. The highest BCUT2D eigenvalue weighted by atomic mass is 35.6. The Balaban J connectivity index is 4.57. The van der Waals surface area contributed by atoms with Gasteiger partial charge in [0.1, 0.15) is 5.41 Å². The van der Waals surface area contributed by atoms with Crippen molar-refractivity contribution in [3.63, 3.8) is 0 Å². The van der Waals surface area contributed by atoms with Crippen LogP contribution in [0.4, 0.5) is 0 Å². The molecule has 0 aromatic rings. The molecular weight excluding hydrogens is 198 g/mol. The van der Waals surface area contributed by atoms with Crippen LogP contribution in [0.25, 0.3) is 0 Å². The lowest BCUT2D eigenvalue weighted by molar-refractivity contribution is -0.146. The summed E-state index contributed by atoms with van der Waals surface area (Å²) in [7, 11) is 0. The summed E-state index contributed by atoms with van der Waals surface area (Å²) in [6, 6.07) is 0. The number of alkyl halides is 3. The highest BCUT2D eigenvalue weighted by Gasteiger charge is 2.46. The van der Waals surface area contributed by atoms with Crippen LogP contribution in [-0.2, 0) is 4.79 Å². The predicted octanol–water partition coefficient (Wildman–Crippen LogP) is 2.47. The van der Waals surface area contributed by atoms with Crippen molar-refractivity contribution >= 4 is 40.8 Å². The number of carbonyl (C=O) groups is 1. The summed E-state index contributed by atoms with van der Waals surface area (Å²) < 4.78 is -1.77. The Morgan fingerprint density at radius 2 is 1.60 bits per heavy atom. The molecule has 0 saturated heterocycles. The van der Waals surface area contributed by atoms with Gasteiger partial charge in [0.15, 0.2) is 0 Å². The predicted molar refractivity (Wildman–Crippen MR) is 41.7 cm³/mol. The standard InChI is InChI=1S/C5H7Cl3O2/c1-4(2,3(9)10)5(6,7)8/h1-2H3,(H,9,10). The minimum Gasteiger partial charge on any atom is -0.481 e. The summed E-state index contributed by atoms with van der Waals surface area (Å²) >= 11 is 16.1. The van der Waals surface area contributed by atoms with Crippen LogP contribution in [0.15, 0.2) is 0 Å². The number of hydrogen-bond acceptors (Lipinski definition) is 1. The first-order valence-corrected chi connectivity index (χ1v) is 3.63. The molecular formula is C5H7Cl3O2. The molecule has 0 aliphatic carbocycles. The molecule has 0 radical (unpaired) electrons. The van der Waals surface area contributed by atoms with Gasteiger partial charge in [0, 0.05) is 0 Å². The first-order valence-electron chi connectivity index (χ1n) is 2.49. The molecule has 60 valence electrons. The Bertz CT molecular complexity index is 147.